The lowest BCUT2D eigenvalue weighted by atomic mass is 9.67. The first-order valence-electron chi connectivity index (χ1n) is 11.2. The molecule has 0 bridgehead atoms. The summed E-state index contributed by atoms with van der Waals surface area (Å²) in [6.45, 7) is 3.42. The lowest BCUT2D eigenvalue weighted by molar-refractivity contribution is -0.146. The molecule has 152 valence electrons. The Labute approximate surface area is 163 Å². The van der Waals surface area contributed by atoms with Gasteiger partial charge in [-0.3, -0.25) is 4.79 Å². The first kappa shape index (κ1) is 19.0. The monoisotopic (exact) mass is 376 g/mol. The molecule has 2 aliphatic heterocycles. The van der Waals surface area contributed by atoms with Crippen LogP contribution in [0.1, 0.15) is 70.6 Å². The van der Waals surface area contributed by atoms with E-state index in [0.29, 0.717) is 17.9 Å². The second-order valence-corrected chi connectivity index (χ2v) is 9.25. The molecule has 2 saturated carbocycles. The summed E-state index contributed by atoms with van der Waals surface area (Å²) >= 11 is 0. The highest BCUT2D eigenvalue weighted by molar-refractivity contribution is 5.84. The van der Waals surface area contributed by atoms with Crippen molar-refractivity contribution in [3.63, 3.8) is 0 Å². The maximum absolute atomic E-state index is 13.3. The minimum absolute atomic E-state index is 0.0161. The maximum Gasteiger partial charge on any atom is 0.315 e. The molecule has 3 N–H and O–H groups in total. The van der Waals surface area contributed by atoms with Gasteiger partial charge in [0.05, 0.1) is 5.41 Å². The zero-order valence-electron chi connectivity index (χ0n) is 16.6. The molecule has 0 radical (unpaired) electrons. The van der Waals surface area contributed by atoms with Crippen LogP contribution in [0.2, 0.25) is 0 Å². The molecule has 2 heterocycles. The molecule has 2 saturated heterocycles. The molecule has 27 heavy (non-hydrogen) atoms. The number of nitrogens with zero attached hydrogens (tertiary/aromatic N) is 1. The number of nitrogens with one attached hydrogen (secondary N) is 3. The molecule has 0 aromatic heterocycles. The van der Waals surface area contributed by atoms with Crippen LogP contribution < -0.4 is 16.0 Å². The van der Waals surface area contributed by atoms with Crippen molar-refractivity contribution < 1.29 is 9.59 Å². The van der Waals surface area contributed by atoms with Crippen LogP contribution in [0.25, 0.3) is 0 Å². The third kappa shape index (κ3) is 4.10. The second kappa shape index (κ2) is 8.38. The predicted octanol–water partition coefficient (Wildman–Crippen LogP) is 2.39. The third-order valence-electron chi connectivity index (χ3n) is 7.52. The van der Waals surface area contributed by atoms with Gasteiger partial charge in [0.25, 0.3) is 0 Å². The van der Waals surface area contributed by atoms with Crippen molar-refractivity contribution in [1.29, 1.82) is 0 Å². The quantitative estimate of drug-likeness (QED) is 0.708. The van der Waals surface area contributed by atoms with Gasteiger partial charge in [0, 0.05) is 31.7 Å². The number of hydrogen-bond donors (Lipinski definition) is 3. The van der Waals surface area contributed by atoms with Crippen LogP contribution in [0.5, 0.6) is 0 Å². The molecule has 0 aromatic rings. The summed E-state index contributed by atoms with van der Waals surface area (Å²) in [5.41, 5.74) is -0.142. The molecular weight excluding hydrogens is 340 g/mol. The summed E-state index contributed by atoms with van der Waals surface area (Å²) in [7, 11) is 0. The minimum atomic E-state index is -0.142. The Hall–Kier alpha value is -1.30. The Morgan fingerprint density at radius 1 is 0.852 bits per heavy atom. The van der Waals surface area contributed by atoms with E-state index in [-0.39, 0.29) is 17.5 Å². The molecule has 0 spiro atoms. The van der Waals surface area contributed by atoms with Gasteiger partial charge in [0.15, 0.2) is 0 Å². The van der Waals surface area contributed by atoms with Crippen LogP contribution >= 0.6 is 0 Å². The summed E-state index contributed by atoms with van der Waals surface area (Å²) in [4.78, 5) is 27.7. The van der Waals surface area contributed by atoms with Crippen LogP contribution in [0, 0.1) is 11.3 Å². The number of amides is 3. The maximum atomic E-state index is 13.3. The van der Waals surface area contributed by atoms with Gasteiger partial charge >= 0.3 is 6.03 Å². The van der Waals surface area contributed by atoms with Crippen LogP contribution in [0.3, 0.4) is 0 Å². The van der Waals surface area contributed by atoms with Gasteiger partial charge < -0.3 is 20.9 Å². The van der Waals surface area contributed by atoms with Gasteiger partial charge in [-0.05, 0) is 51.0 Å². The number of fused-ring (bicyclic) bond motifs is 1. The van der Waals surface area contributed by atoms with Gasteiger partial charge in [0.1, 0.15) is 0 Å². The first-order chi connectivity index (χ1) is 13.2. The number of carbonyl (C=O) groups excluding carboxylic acids is 2. The Balaban J connectivity index is 1.25. The smallest absolute Gasteiger partial charge is 0.315 e. The zero-order valence-corrected chi connectivity index (χ0v) is 16.6. The molecule has 4 fully saturated rings. The van der Waals surface area contributed by atoms with Crippen molar-refractivity contribution in [1.82, 2.24) is 20.9 Å². The van der Waals surface area contributed by atoms with E-state index >= 15 is 0 Å². The number of carbonyl (C=O) groups is 2. The van der Waals surface area contributed by atoms with E-state index in [1.807, 2.05) is 0 Å². The molecule has 0 unspecified atom stereocenters. The highest BCUT2D eigenvalue weighted by Gasteiger charge is 2.51. The Morgan fingerprint density at radius 2 is 1.52 bits per heavy atom. The number of likely N-dealkylation sites (tertiary alicyclic amines) is 1. The average Bonchev–Trinajstić information content (AvgIpc) is 3.14. The third-order valence-corrected chi connectivity index (χ3v) is 7.52. The molecule has 4 aliphatic rings. The van der Waals surface area contributed by atoms with Crippen molar-refractivity contribution in [2.24, 2.45) is 11.3 Å². The van der Waals surface area contributed by atoms with Gasteiger partial charge in [0.2, 0.25) is 5.91 Å². The fraction of sp³-hybridized carbons (Fsp3) is 0.905. The van der Waals surface area contributed by atoms with Crippen molar-refractivity contribution in [3.05, 3.63) is 0 Å². The van der Waals surface area contributed by atoms with Crippen LogP contribution in [-0.2, 0) is 4.79 Å². The molecule has 3 amide bonds. The topological polar surface area (TPSA) is 73.5 Å². The van der Waals surface area contributed by atoms with Crippen molar-refractivity contribution >= 4 is 11.9 Å². The van der Waals surface area contributed by atoms with Crippen molar-refractivity contribution in [2.75, 3.05) is 26.2 Å². The molecule has 0 aromatic carbocycles. The Bertz CT molecular complexity index is 540. The molecule has 6 nitrogen and oxygen atoms in total. The lowest BCUT2D eigenvalue weighted by Gasteiger charge is -2.43. The van der Waals surface area contributed by atoms with E-state index in [9.17, 15) is 9.59 Å². The van der Waals surface area contributed by atoms with Gasteiger partial charge in [-0.25, -0.2) is 4.79 Å². The summed E-state index contributed by atoms with van der Waals surface area (Å²) in [6, 6.07) is 0.522. The van der Waals surface area contributed by atoms with E-state index in [1.54, 1.807) is 0 Å². The summed E-state index contributed by atoms with van der Waals surface area (Å²) < 4.78 is 0. The van der Waals surface area contributed by atoms with Gasteiger partial charge in [-0.2, -0.15) is 0 Å². The van der Waals surface area contributed by atoms with E-state index in [2.05, 4.69) is 20.9 Å². The van der Waals surface area contributed by atoms with Crippen LogP contribution in [0.15, 0.2) is 0 Å². The van der Waals surface area contributed by atoms with E-state index in [0.717, 1.165) is 58.3 Å². The lowest BCUT2D eigenvalue weighted by Crippen LogP contribution is -2.55. The largest absolute Gasteiger partial charge is 0.342 e. The highest BCUT2D eigenvalue weighted by atomic mass is 16.2. The first-order valence-corrected chi connectivity index (χ1v) is 11.2. The van der Waals surface area contributed by atoms with E-state index in [4.69, 9.17) is 0 Å². The van der Waals surface area contributed by atoms with Gasteiger partial charge in [-0.15, -0.1) is 0 Å². The number of piperidine rings is 1. The minimum Gasteiger partial charge on any atom is -0.342 e. The summed E-state index contributed by atoms with van der Waals surface area (Å²) in [5, 5.41) is 9.78. The van der Waals surface area contributed by atoms with Crippen molar-refractivity contribution in [2.45, 2.75) is 82.7 Å². The fourth-order valence-corrected chi connectivity index (χ4v) is 5.87. The molecule has 2 atom stereocenters. The Morgan fingerprint density at radius 3 is 2.26 bits per heavy atom. The van der Waals surface area contributed by atoms with Crippen LogP contribution in [-0.4, -0.2) is 55.1 Å². The number of urea groups is 1. The second-order valence-electron chi connectivity index (χ2n) is 9.25. The average molecular weight is 377 g/mol. The highest BCUT2D eigenvalue weighted by Crippen LogP contribution is 2.45. The predicted molar refractivity (Wildman–Crippen MR) is 105 cm³/mol. The SMILES string of the molecule is O=C(NC1CCCCC1)NC1CCN(C(=O)[C@@]23CCCC[C@H]2CNC3)CC1. The molecule has 6 heteroatoms. The Kier molecular flexibility index (Phi) is 5.90. The van der Waals surface area contributed by atoms with Crippen LogP contribution in [0.4, 0.5) is 4.79 Å². The fourth-order valence-electron chi connectivity index (χ4n) is 5.87. The summed E-state index contributed by atoms with van der Waals surface area (Å²) in [6.07, 6.45) is 12.4. The number of rotatable bonds is 3. The van der Waals surface area contributed by atoms with Gasteiger partial charge in [-0.1, -0.05) is 32.1 Å². The number of hydrogen-bond acceptors (Lipinski definition) is 3. The van der Waals surface area contributed by atoms with E-state index < -0.39 is 0 Å². The molecular formula is C21H36N4O2. The standard InChI is InChI=1S/C21H36N4O2/c26-19(21-11-5-4-6-16(21)14-22-15-21)25-12-9-18(10-13-25)24-20(27)23-17-7-2-1-3-8-17/h16-18,22H,1-15H2,(H2,23,24,27)/t16-,21+/m0/s1. The molecule has 4 rings (SSSR count). The normalized spacial score (nSPS) is 32.7. The molecule has 2 aliphatic carbocycles. The van der Waals surface area contributed by atoms with Crippen molar-refractivity contribution in [3.8, 4) is 0 Å². The zero-order chi connectivity index (χ0) is 18.7. The summed E-state index contributed by atoms with van der Waals surface area (Å²) in [5.74, 6) is 0.901. The van der Waals surface area contributed by atoms with E-state index in [1.165, 1.54) is 38.5 Å².